The number of halogens is 3. The van der Waals surface area contributed by atoms with Crippen LogP contribution in [0.25, 0.3) is 22.7 Å². The van der Waals surface area contributed by atoms with Crippen molar-refractivity contribution in [1.82, 2.24) is 24.5 Å². The number of imidazole rings is 1. The van der Waals surface area contributed by atoms with Gasteiger partial charge < -0.3 is 4.57 Å². The number of thioether (sulfide) groups is 1. The predicted molar refractivity (Wildman–Crippen MR) is 80.9 cm³/mol. The summed E-state index contributed by atoms with van der Waals surface area (Å²) in [5.41, 5.74) is 0.323. The Morgan fingerprint density at radius 3 is 2.70 bits per heavy atom. The molecule has 0 unspecified atom stereocenters. The normalized spacial score (nSPS) is 12.0. The second kappa shape index (κ2) is 5.80. The first-order chi connectivity index (χ1) is 10.9. The minimum Gasteiger partial charge on any atom is -0.310 e. The van der Waals surface area contributed by atoms with Gasteiger partial charge >= 0.3 is 6.18 Å². The van der Waals surface area contributed by atoms with Gasteiger partial charge in [-0.15, -0.1) is 11.8 Å². The molecule has 120 valence electrons. The summed E-state index contributed by atoms with van der Waals surface area (Å²) in [6.45, 7) is 1.99. The van der Waals surface area contributed by atoms with Crippen molar-refractivity contribution in [3.63, 3.8) is 0 Å². The summed E-state index contributed by atoms with van der Waals surface area (Å²) in [4.78, 5) is 17.2. The highest BCUT2D eigenvalue weighted by atomic mass is 32.2. The van der Waals surface area contributed by atoms with E-state index in [-0.39, 0.29) is 5.52 Å². The van der Waals surface area contributed by atoms with E-state index in [0.717, 1.165) is 22.9 Å². The smallest absolute Gasteiger partial charge is 0.310 e. The van der Waals surface area contributed by atoms with E-state index < -0.39 is 11.7 Å². The molecule has 3 aromatic heterocycles. The second-order valence-electron chi connectivity index (χ2n) is 4.73. The van der Waals surface area contributed by atoms with Gasteiger partial charge in [-0.2, -0.15) is 13.2 Å². The quantitative estimate of drug-likeness (QED) is 0.683. The number of pyridine rings is 1. The SMILES string of the molecule is CCSc1cncnc1-c1nc2cc(C(F)(F)F)cnc2n1C. The Morgan fingerprint density at radius 1 is 1.22 bits per heavy atom. The Labute approximate surface area is 134 Å². The number of hydrogen-bond donors (Lipinski definition) is 0. The number of rotatable bonds is 3. The third-order valence-corrected chi connectivity index (χ3v) is 4.13. The van der Waals surface area contributed by atoms with Crippen LogP contribution in [-0.4, -0.2) is 30.3 Å². The van der Waals surface area contributed by atoms with E-state index in [0.29, 0.717) is 17.2 Å². The van der Waals surface area contributed by atoms with E-state index in [4.69, 9.17) is 0 Å². The van der Waals surface area contributed by atoms with Crippen LogP contribution in [-0.2, 0) is 13.2 Å². The third-order valence-electron chi connectivity index (χ3n) is 3.23. The van der Waals surface area contributed by atoms with Crippen molar-refractivity contribution in [3.05, 3.63) is 30.4 Å². The van der Waals surface area contributed by atoms with Crippen LogP contribution in [0.2, 0.25) is 0 Å². The number of nitrogens with zero attached hydrogens (tertiary/aromatic N) is 5. The zero-order chi connectivity index (χ0) is 16.6. The Hall–Kier alpha value is -2.16. The van der Waals surface area contributed by atoms with Crippen LogP contribution in [0.1, 0.15) is 12.5 Å². The van der Waals surface area contributed by atoms with Crippen LogP contribution < -0.4 is 0 Å². The number of alkyl halides is 3. The van der Waals surface area contributed by atoms with Gasteiger partial charge in [0.1, 0.15) is 17.5 Å². The zero-order valence-corrected chi connectivity index (χ0v) is 13.1. The van der Waals surface area contributed by atoms with Gasteiger partial charge in [-0.05, 0) is 11.8 Å². The summed E-state index contributed by atoms with van der Waals surface area (Å²) < 4.78 is 40.1. The Morgan fingerprint density at radius 2 is 2.00 bits per heavy atom. The van der Waals surface area contributed by atoms with Crippen molar-refractivity contribution < 1.29 is 13.2 Å². The number of aryl methyl sites for hydroxylation is 1. The van der Waals surface area contributed by atoms with Crippen LogP contribution in [0.3, 0.4) is 0 Å². The van der Waals surface area contributed by atoms with E-state index in [1.807, 2.05) is 6.92 Å². The van der Waals surface area contributed by atoms with Crippen LogP contribution in [0.4, 0.5) is 13.2 Å². The molecular weight excluding hydrogens is 327 g/mol. The molecule has 0 spiro atoms. The summed E-state index contributed by atoms with van der Waals surface area (Å²) >= 11 is 1.54. The van der Waals surface area contributed by atoms with Crippen LogP contribution in [0.15, 0.2) is 29.7 Å². The summed E-state index contributed by atoms with van der Waals surface area (Å²) in [6, 6.07) is 1.000. The highest BCUT2D eigenvalue weighted by Crippen LogP contribution is 2.33. The lowest BCUT2D eigenvalue weighted by atomic mass is 10.2. The molecule has 0 fully saturated rings. The van der Waals surface area contributed by atoms with Crippen LogP contribution >= 0.6 is 11.8 Å². The Bertz CT molecular complexity index is 859. The molecule has 5 nitrogen and oxygen atoms in total. The monoisotopic (exact) mass is 339 g/mol. The standard InChI is InChI=1S/C14H12F3N5S/c1-3-23-10-6-18-7-20-11(10)13-21-9-4-8(14(15,16)17)5-19-12(9)22(13)2/h4-7H,3H2,1-2H3. The summed E-state index contributed by atoms with van der Waals surface area (Å²) in [6.07, 6.45) is -0.570. The number of fused-ring (bicyclic) bond motifs is 1. The largest absolute Gasteiger partial charge is 0.417 e. The summed E-state index contributed by atoms with van der Waals surface area (Å²) in [5, 5.41) is 0. The van der Waals surface area contributed by atoms with Crippen molar-refractivity contribution in [3.8, 4) is 11.5 Å². The van der Waals surface area contributed by atoms with Crippen LogP contribution in [0, 0.1) is 0 Å². The molecule has 0 saturated heterocycles. The minimum absolute atomic E-state index is 0.184. The van der Waals surface area contributed by atoms with Gasteiger partial charge in [0.05, 0.1) is 10.5 Å². The first-order valence-electron chi connectivity index (χ1n) is 6.74. The van der Waals surface area contributed by atoms with Crippen molar-refractivity contribution in [2.24, 2.45) is 7.05 Å². The van der Waals surface area contributed by atoms with Gasteiger partial charge in [0.2, 0.25) is 0 Å². The average molecular weight is 339 g/mol. The van der Waals surface area contributed by atoms with E-state index in [2.05, 4.69) is 19.9 Å². The molecule has 0 aliphatic rings. The molecule has 3 heterocycles. The molecule has 0 aliphatic heterocycles. The van der Waals surface area contributed by atoms with E-state index in [9.17, 15) is 13.2 Å². The molecule has 0 bridgehead atoms. The van der Waals surface area contributed by atoms with Gasteiger partial charge in [0.15, 0.2) is 11.5 Å². The molecule has 0 amide bonds. The molecule has 3 rings (SSSR count). The first-order valence-corrected chi connectivity index (χ1v) is 7.73. The maximum Gasteiger partial charge on any atom is 0.417 e. The average Bonchev–Trinajstić information content (AvgIpc) is 2.84. The fourth-order valence-corrected chi connectivity index (χ4v) is 2.92. The third kappa shape index (κ3) is 2.88. The lowest BCUT2D eigenvalue weighted by Crippen LogP contribution is -2.05. The minimum atomic E-state index is -4.45. The highest BCUT2D eigenvalue weighted by Gasteiger charge is 2.31. The zero-order valence-electron chi connectivity index (χ0n) is 12.3. The summed E-state index contributed by atoms with van der Waals surface area (Å²) in [7, 11) is 1.70. The first kappa shape index (κ1) is 15.7. The Balaban J connectivity index is 2.18. The van der Waals surface area contributed by atoms with Crippen LogP contribution in [0.5, 0.6) is 0 Å². The molecule has 9 heteroatoms. The Kier molecular flexibility index (Phi) is 3.97. The van der Waals surface area contributed by atoms with Gasteiger partial charge in [-0.25, -0.2) is 19.9 Å². The number of hydrogen-bond acceptors (Lipinski definition) is 5. The predicted octanol–water partition coefficient (Wildman–Crippen LogP) is 3.56. The molecule has 23 heavy (non-hydrogen) atoms. The fourth-order valence-electron chi connectivity index (χ4n) is 2.19. The molecule has 0 saturated carbocycles. The van der Waals surface area contributed by atoms with E-state index >= 15 is 0 Å². The van der Waals surface area contributed by atoms with Gasteiger partial charge in [0, 0.05) is 19.4 Å². The molecule has 0 aliphatic carbocycles. The maximum absolute atomic E-state index is 12.8. The molecule has 0 radical (unpaired) electrons. The van der Waals surface area contributed by atoms with Crippen molar-refractivity contribution in [1.29, 1.82) is 0 Å². The van der Waals surface area contributed by atoms with Crippen molar-refractivity contribution >= 4 is 22.9 Å². The lowest BCUT2D eigenvalue weighted by Gasteiger charge is -2.06. The van der Waals surface area contributed by atoms with E-state index in [1.165, 1.54) is 6.33 Å². The topological polar surface area (TPSA) is 56.5 Å². The van der Waals surface area contributed by atoms with Crippen molar-refractivity contribution in [2.75, 3.05) is 5.75 Å². The highest BCUT2D eigenvalue weighted by molar-refractivity contribution is 7.99. The molecule has 0 aromatic carbocycles. The fraction of sp³-hybridized carbons (Fsp3) is 0.286. The van der Waals surface area contributed by atoms with Crippen molar-refractivity contribution in [2.45, 2.75) is 18.0 Å². The van der Waals surface area contributed by atoms with Gasteiger partial charge in [-0.3, -0.25) is 0 Å². The molecular formula is C14H12F3N5S. The molecule has 0 atom stereocenters. The van der Waals surface area contributed by atoms with E-state index in [1.54, 1.807) is 29.6 Å². The van der Waals surface area contributed by atoms with Gasteiger partial charge in [-0.1, -0.05) is 6.92 Å². The second-order valence-corrected chi connectivity index (χ2v) is 6.03. The summed E-state index contributed by atoms with van der Waals surface area (Å²) in [5.74, 6) is 1.28. The molecule has 3 aromatic rings. The molecule has 0 N–H and O–H groups in total. The lowest BCUT2D eigenvalue weighted by molar-refractivity contribution is -0.137. The number of aromatic nitrogens is 5. The van der Waals surface area contributed by atoms with Gasteiger partial charge in [0.25, 0.3) is 0 Å². The maximum atomic E-state index is 12.8.